The fourth-order valence-electron chi connectivity index (χ4n) is 4.73. The molecule has 1 fully saturated rings. The van der Waals surface area contributed by atoms with Crippen molar-refractivity contribution in [1.82, 2.24) is 20.1 Å². The summed E-state index contributed by atoms with van der Waals surface area (Å²) in [7, 11) is 0. The molecular weight excluding hydrogens is 447 g/mol. The molecule has 6 rings (SSSR count). The van der Waals surface area contributed by atoms with Crippen molar-refractivity contribution in [3.63, 3.8) is 0 Å². The van der Waals surface area contributed by atoms with E-state index >= 15 is 0 Å². The van der Waals surface area contributed by atoms with E-state index in [0.717, 1.165) is 21.7 Å². The number of rotatable bonds is 5. The number of pyridine rings is 1. The smallest absolute Gasteiger partial charge is 0.251 e. The van der Waals surface area contributed by atoms with E-state index in [9.17, 15) is 9.18 Å². The van der Waals surface area contributed by atoms with Gasteiger partial charge in [0.1, 0.15) is 5.82 Å². The maximum absolute atomic E-state index is 14.7. The molecular formula is C23H23FN4O4S. The number of benzene rings is 1. The number of halogens is 1. The first kappa shape index (κ1) is 21.0. The molecule has 1 aromatic carbocycles. The average molecular weight is 471 g/mol. The minimum atomic E-state index is -0.440. The lowest BCUT2D eigenvalue weighted by molar-refractivity contribution is -0.194. The summed E-state index contributed by atoms with van der Waals surface area (Å²) in [4.78, 5) is 13.3. The largest absolute Gasteiger partial charge is 0.475 e. The van der Waals surface area contributed by atoms with Gasteiger partial charge in [0.2, 0.25) is 5.88 Å². The summed E-state index contributed by atoms with van der Waals surface area (Å²) >= 11 is 1.72. The van der Waals surface area contributed by atoms with Crippen LogP contribution in [0.2, 0.25) is 0 Å². The molecule has 0 amide bonds. The predicted octanol–water partition coefficient (Wildman–Crippen LogP) is 2.43. The van der Waals surface area contributed by atoms with Crippen molar-refractivity contribution in [3.8, 4) is 5.88 Å². The lowest BCUT2D eigenvalue weighted by Crippen LogP contribution is -2.44. The van der Waals surface area contributed by atoms with Crippen LogP contribution in [0.25, 0.3) is 10.9 Å². The van der Waals surface area contributed by atoms with Crippen LogP contribution in [0.5, 0.6) is 5.88 Å². The van der Waals surface area contributed by atoms with Crippen LogP contribution in [0.15, 0.2) is 40.0 Å². The van der Waals surface area contributed by atoms with Crippen molar-refractivity contribution >= 4 is 22.7 Å². The van der Waals surface area contributed by atoms with Gasteiger partial charge in [-0.25, -0.2) is 4.39 Å². The number of aromatic nitrogens is 3. The van der Waals surface area contributed by atoms with Gasteiger partial charge in [0.05, 0.1) is 42.0 Å². The van der Waals surface area contributed by atoms with Crippen molar-refractivity contribution in [3.05, 3.63) is 57.8 Å². The van der Waals surface area contributed by atoms with Gasteiger partial charge in [-0.3, -0.25) is 4.79 Å². The fraction of sp³-hybridized carbons (Fsp3) is 0.435. The number of hydrogen-bond donors (Lipinski definition) is 1. The third kappa shape index (κ3) is 4.01. The van der Waals surface area contributed by atoms with Crippen LogP contribution in [-0.2, 0) is 22.6 Å². The predicted molar refractivity (Wildman–Crippen MR) is 120 cm³/mol. The first-order valence-corrected chi connectivity index (χ1v) is 12.0. The number of thioether (sulfide) groups is 1. The van der Waals surface area contributed by atoms with Gasteiger partial charge in [-0.15, -0.1) is 16.9 Å². The van der Waals surface area contributed by atoms with Crippen LogP contribution >= 0.6 is 11.8 Å². The third-order valence-corrected chi connectivity index (χ3v) is 7.29. The van der Waals surface area contributed by atoms with Gasteiger partial charge in [-0.1, -0.05) is 0 Å². The zero-order valence-corrected chi connectivity index (χ0v) is 18.6. The molecule has 3 aliphatic heterocycles. The number of ether oxygens (including phenoxy) is 3. The van der Waals surface area contributed by atoms with Gasteiger partial charge in [0.15, 0.2) is 6.29 Å². The van der Waals surface area contributed by atoms with Gasteiger partial charge >= 0.3 is 0 Å². The van der Waals surface area contributed by atoms with E-state index in [-0.39, 0.29) is 23.3 Å². The molecule has 0 aliphatic carbocycles. The quantitative estimate of drug-likeness (QED) is 0.609. The SMILES string of the molecule is O=c1ccc2ccc(F)c3c2n1CC3CC1OCC(NCc2cc3c(nn2)OCCS3)CO1. The molecule has 33 heavy (non-hydrogen) atoms. The lowest BCUT2D eigenvalue weighted by Gasteiger charge is -2.31. The Morgan fingerprint density at radius 1 is 1.18 bits per heavy atom. The first-order chi connectivity index (χ1) is 16.2. The second-order valence-corrected chi connectivity index (χ2v) is 9.63. The molecule has 1 N–H and O–H groups in total. The highest BCUT2D eigenvalue weighted by atomic mass is 32.2. The van der Waals surface area contributed by atoms with Crippen molar-refractivity contribution < 1.29 is 18.6 Å². The zero-order chi connectivity index (χ0) is 22.4. The summed E-state index contributed by atoms with van der Waals surface area (Å²) in [6.07, 6.45) is 0.0574. The monoisotopic (exact) mass is 470 g/mol. The number of nitrogens with one attached hydrogen (secondary N) is 1. The van der Waals surface area contributed by atoms with Crippen molar-refractivity contribution in [2.75, 3.05) is 25.6 Å². The maximum Gasteiger partial charge on any atom is 0.251 e. The van der Waals surface area contributed by atoms with Gasteiger partial charge in [-0.05, 0) is 29.7 Å². The van der Waals surface area contributed by atoms with E-state index < -0.39 is 6.29 Å². The average Bonchev–Trinajstić information content (AvgIpc) is 3.23. The van der Waals surface area contributed by atoms with Crippen molar-refractivity contribution in [2.45, 2.75) is 42.7 Å². The van der Waals surface area contributed by atoms with Gasteiger partial charge < -0.3 is 24.1 Å². The van der Waals surface area contributed by atoms with E-state index in [2.05, 4.69) is 15.5 Å². The molecule has 5 heterocycles. The molecule has 10 heteroatoms. The summed E-state index contributed by atoms with van der Waals surface area (Å²) in [5.74, 6) is 1.07. The molecule has 0 saturated carbocycles. The fourth-order valence-corrected chi connectivity index (χ4v) is 5.56. The summed E-state index contributed by atoms with van der Waals surface area (Å²) in [6.45, 7) is 2.61. The second-order valence-electron chi connectivity index (χ2n) is 8.49. The number of nitrogens with zero attached hydrogens (tertiary/aromatic N) is 3. The Morgan fingerprint density at radius 3 is 2.91 bits per heavy atom. The van der Waals surface area contributed by atoms with E-state index in [1.807, 2.05) is 6.07 Å². The molecule has 3 aromatic rings. The van der Waals surface area contributed by atoms with Crippen molar-refractivity contribution in [1.29, 1.82) is 0 Å². The van der Waals surface area contributed by atoms with Crippen molar-refractivity contribution in [2.24, 2.45) is 0 Å². The molecule has 1 saturated heterocycles. The number of hydrogen-bond acceptors (Lipinski definition) is 8. The molecule has 1 unspecified atom stereocenters. The molecule has 0 bridgehead atoms. The highest BCUT2D eigenvalue weighted by Crippen LogP contribution is 2.38. The van der Waals surface area contributed by atoms with E-state index in [4.69, 9.17) is 14.2 Å². The summed E-state index contributed by atoms with van der Waals surface area (Å²) in [5.41, 5.74) is 2.01. The standard InChI is InChI=1S/C23H23FN4O4S/c24-17-3-1-13-2-4-19(29)28-10-14(21(17)22(13)28)7-20-31-11-16(12-32-20)25-9-15-8-18-23(27-26-15)30-5-6-33-18/h1-4,8,14,16,20,25H,5-7,9-12H2. The Bertz CT molecular complexity index is 1260. The van der Waals surface area contributed by atoms with Crippen LogP contribution in [0.3, 0.4) is 0 Å². The van der Waals surface area contributed by atoms with E-state index in [0.29, 0.717) is 56.3 Å². The Kier molecular flexibility index (Phi) is 5.53. The minimum absolute atomic E-state index is 0.0200. The summed E-state index contributed by atoms with van der Waals surface area (Å²) in [5, 5.41) is 12.6. The van der Waals surface area contributed by atoms with Crippen LogP contribution in [0, 0.1) is 5.82 Å². The van der Waals surface area contributed by atoms with Crippen LogP contribution < -0.4 is 15.6 Å². The highest BCUT2D eigenvalue weighted by Gasteiger charge is 2.33. The molecule has 8 nitrogen and oxygen atoms in total. The normalized spacial score (nSPS) is 24.0. The van der Waals surface area contributed by atoms with E-state index in [1.54, 1.807) is 28.5 Å². The van der Waals surface area contributed by atoms with Crippen LogP contribution in [0.4, 0.5) is 4.39 Å². The molecule has 0 radical (unpaired) electrons. The maximum atomic E-state index is 14.7. The second kappa shape index (κ2) is 8.68. The Balaban J connectivity index is 1.06. The van der Waals surface area contributed by atoms with Crippen LogP contribution in [-0.4, -0.2) is 52.7 Å². The van der Waals surface area contributed by atoms with Gasteiger partial charge in [0, 0.05) is 42.8 Å². The molecule has 2 aromatic heterocycles. The number of fused-ring (bicyclic) bond motifs is 1. The van der Waals surface area contributed by atoms with Gasteiger partial charge in [-0.2, -0.15) is 5.10 Å². The third-order valence-electron chi connectivity index (χ3n) is 6.32. The van der Waals surface area contributed by atoms with E-state index in [1.165, 1.54) is 12.1 Å². The summed E-state index contributed by atoms with van der Waals surface area (Å²) in [6, 6.07) is 8.50. The summed E-state index contributed by atoms with van der Waals surface area (Å²) < 4.78 is 33.7. The molecule has 0 spiro atoms. The Labute approximate surface area is 193 Å². The van der Waals surface area contributed by atoms with Gasteiger partial charge in [0.25, 0.3) is 5.56 Å². The van der Waals surface area contributed by atoms with Crippen LogP contribution in [0.1, 0.15) is 23.6 Å². The highest BCUT2D eigenvalue weighted by molar-refractivity contribution is 7.99. The molecule has 3 aliphatic rings. The first-order valence-electron chi connectivity index (χ1n) is 11.1. The Morgan fingerprint density at radius 2 is 2.03 bits per heavy atom. The molecule has 172 valence electrons. The Hall–Kier alpha value is -2.53. The zero-order valence-electron chi connectivity index (χ0n) is 17.8. The lowest BCUT2D eigenvalue weighted by atomic mass is 9.95. The minimum Gasteiger partial charge on any atom is -0.475 e. The molecule has 1 atom stereocenters. The topological polar surface area (TPSA) is 87.5 Å².